The van der Waals surface area contributed by atoms with Crippen LogP contribution in [0.25, 0.3) is 16.8 Å². The number of pyridine rings is 1. The molecule has 1 N–H and O–H groups in total. The second kappa shape index (κ2) is 8.29. The molecule has 0 radical (unpaired) electrons. The van der Waals surface area contributed by atoms with Crippen LogP contribution in [0.1, 0.15) is 29.0 Å². The van der Waals surface area contributed by atoms with Gasteiger partial charge in [-0.15, -0.1) is 0 Å². The van der Waals surface area contributed by atoms with Crippen molar-refractivity contribution in [3.63, 3.8) is 0 Å². The molecular formula is C23H19ClN4O. The Morgan fingerprint density at radius 2 is 1.69 bits per heavy atom. The van der Waals surface area contributed by atoms with E-state index in [-0.39, 0.29) is 11.9 Å². The molecule has 0 aliphatic carbocycles. The zero-order chi connectivity index (χ0) is 20.2. The third kappa shape index (κ3) is 4.20. The van der Waals surface area contributed by atoms with Crippen LogP contribution in [0.15, 0.2) is 85.6 Å². The van der Waals surface area contributed by atoms with E-state index < -0.39 is 0 Å². The number of nitrogens with zero attached hydrogens (tertiary/aromatic N) is 3. The Labute approximate surface area is 174 Å². The number of carbonyl (C=O) groups excluding carboxylic acids is 1. The highest BCUT2D eigenvalue weighted by Gasteiger charge is 2.15. The van der Waals surface area contributed by atoms with Gasteiger partial charge >= 0.3 is 0 Å². The van der Waals surface area contributed by atoms with Crippen molar-refractivity contribution in [2.24, 2.45) is 0 Å². The summed E-state index contributed by atoms with van der Waals surface area (Å²) in [5.74, 6) is -0.147. The van der Waals surface area contributed by atoms with Crippen LogP contribution in [0, 0.1) is 0 Å². The smallest absolute Gasteiger partial charge is 0.251 e. The molecule has 1 unspecified atom stereocenters. The van der Waals surface area contributed by atoms with Gasteiger partial charge in [0.05, 0.1) is 28.8 Å². The van der Waals surface area contributed by atoms with Crippen molar-refractivity contribution >= 4 is 17.5 Å². The van der Waals surface area contributed by atoms with Crippen molar-refractivity contribution in [1.82, 2.24) is 19.9 Å². The van der Waals surface area contributed by atoms with Crippen LogP contribution in [0.3, 0.4) is 0 Å². The SMILES string of the molecule is CC(NC(=O)c1ccc(-c2ccncc2)cc1)c1cn(-c2ccccc2Cl)cn1. The number of para-hydroxylation sites is 1. The van der Waals surface area contributed by atoms with E-state index in [9.17, 15) is 4.79 Å². The molecule has 2 aromatic carbocycles. The zero-order valence-corrected chi connectivity index (χ0v) is 16.5. The molecule has 0 aliphatic rings. The van der Waals surface area contributed by atoms with Crippen molar-refractivity contribution in [3.05, 3.63) is 102 Å². The van der Waals surface area contributed by atoms with Crippen LogP contribution in [0.2, 0.25) is 5.02 Å². The molecule has 0 spiro atoms. The fourth-order valence-corrected chi connectivity index (χ4v) is 3.30. The van der Waals surface area contributed by atoms with Crippen LogP contribution >= 0.6 is 11.6 Å². The Kier molecular flexibility index (Phi) is 5.40. The first-order valence-electron chi connectivity index (χ1n) is 9.22. The Morgan fingerprint density at radius 3 is 2.41 bits per heavy atom. The minimum atomic E-state index is -0.244. The van der Waals surface area contributed by atoms with E-state index in [0.717, 1.165) is 22.5 Å². The first kappa shape index (κ1) is 18.9. The number of amides is 1. The highest BCUT2D eigenvalue weighted by Crippen LogP contribution is 2.22. The molecule has 0 saturated carbocycles. The third-order valence-corrected chi connectivity index (χ3v) is 5.00. The van der Waals surface area contributed by atoms with Gasteiger partial charge < -0.3 is 9.88 Å². The molecular weight excluding hydrogens is 384 g/mol. The zero-order valence-electron chi connectivity index (χ0n) is 15.8. The normalized spacial score (nSPS) is 11.8. The fourth-order valence-electron chi connectivity index (χ4n) is 3.07. The lowest BCUT2D eigenvalue weighted by Gasteiger charge is -2.12. The van der Waals surface area contributed by atoms with Gasteiger partial charge in [0.25, 0.3) is 5.91 Å². The summed E-state index contributed by atoms with van der Waals surface area (Å²) >= 11 is 6.25. The van der Waals surface area contributed by atoms with Gasteiger partial charge in [0.15, 0.2) is 0 Å². The van der Waals surface area contributed by atoms with Crippen LogP contribution in [-0.4, -0.2) is 20.4 Å². The number of halogens is 1. The van der Waals surface area contributed by atoms with E-state index in [0.29, 0.717) is 10.6 Å². The first-order chi connectivity index (χ1) is 14.1. The van der Waals surface area contributed by atoms with Crippen molar-refractivity contribution in [3.8, 4) is 16.8 Å². The summed E-state index contributed by atoms with van der Waals surface area (Å²) in [5, 5.41) is 3.63. The molecule has 4 aromatic rings. The average Bonchev–Trinajstić information content (AvgIpc) is 3.25. The highest BCUT2D eigenvalue weighted by atomic mass is 35.5. The molecule has 2 heterocycles. The van der Waals surface area contributed by atoms with Gasteiger partial charge in [0.1, 0.15) is 0 Å². The van der Waals surface area contributed by atoms with Crippen LogP contribution in [0.5, 0.6) is 0 Å². The maximum Gasteiger partial charge on any atom is 0.251 e. The lowest BCUT2D eigenvalue weighted by molar-refractivity contribution is 0.0939. The average molecular weight is 403 g/mol. The third-order valence-electron chi connectivity index (χ3n) is 4.69. The highest BCUT2D eigenvalue weighted by molar-refractivity contribution is 6.32. The van der Waals surface area contributed by atoms with Gasteiger partial charge in [-0.25, -0.2) is 4.98 Å². The summed E-state index contributed by atoms with van der Waals surface area (Å²) in [7, 11) is 0. The van der Waals surface area contributed by atoms with E-state index in [1.807, 2.05) is 78.4 Å². The molecule has 5 nitrogen and oxygen atoms in total. The quantitative estimate of drug-likeness (QED) is 0.506. The number of hydrogen-bond acceptors (Lipinski definition) is 3. The van der Waals surface area contributed by atoms with Crippen molar-refractivity contribution in [2.75, 3.05) is 0 Å². The molecule has 0 fully saturated rings. The number of carbonyl (C=O) groups is 1. The Balaban J connectivity index is 1.45. The molecule has 0 bridgehead atoms. The van der Waals surface area contributed by atoms with Gasteiger partial charge in [-0.3, -0.25) is 9.78 Å². The lowest BCUT2D eigenvalue weighted by atomic mass is 10.0. The van der Waals surface area contributed by atoms with Gasteiger partial charge in [0.2, 0.25) is 0 Å². The fraction of sp³-hybridized carbons (Fsp3) is 0.0870. The number of aromatic nitrogens is 3. The number of imidazole rings is 1. The number of nitrogens with one attached hydrogen (secondary N) is 1. The number of benzene rings is 2. The summed E-state index contributed by atoms with van der Waals surface area (Å²) in [5.41, 5.74) is 4.30. The van der Waals surface area contributed by atoms with E-state index in [1.165, 1.54) is 0 Å². The van der Waals surface area contributed by atoms with Gasteiger partial charge in [0, 0.05) is 24.2 Å². The monoisotopic (exact) mass is 402 g/mol. The molecule has 4 rings (SSSR count). The van der Waals surface area contributed by atoms with Gasteiger partial charge in [-0.2, -0.15) is 0 Å². The number of rotatable bonds is 5. The Bertz CT molecular complexity index is 1120. The maximum atomic E-state index is 12.6. The molecule has 2 aromatic heterocycles. The predicted octanol–water partition coefficient (Wildman–Crippen LogP) is 5.08. The molecule has 0 aliphatic heterocycles. The molecule has 0 saturated heterocycles. The summed E-state index contributed by atoms with van der Waals surface area (Å²) in [6.45, 7) is 1.91. The Morgan fingerprint density at radius 1 is 1.00 bits per heavy atom. The van der Waals surface area contributed by atoms with Crippen molar-refractivity contribution in [1.29, 1.82) is 0 Å². The molecule has 144 valence electrons. The van der Waals surface area contributed by atoms with Crippen LogP contribution in [0.4, 0.5) is 0 Å². The van der Waals surface area contributed by atoms with Crippen molar-refractivity contribution < 1.29 is 4.79 Å². The predicted molar refractivity (Wildman–Crippen MR) is 114 cm³/mol. The maximum absolute atomic E-state index is 12.6. The van der Waals surface area contributed by atoms with E-state index >= 15 is 0 Å². The topological polar surface area (TPSA) is 59.8 Å². The van der Waals surface area contributed by atoms with Gasteiger partial charge in [-0.1, -0.05) is 35.9 Å². The summed E-state index contributed by atoms with van der Waals surface area (Å²) in [6, 6.07) is 18.7. The molecule has 1 amide bonds. The van der Waals surface area contributed by atoms with E-state index in [2.05, 4.69) is 15.3 Å². The van der Waals surface area contributed by atoms with Crippen LogP contribution < -0.4 is 5.32 Å². The van der Waals surface area contributed by atoms with Crippen LogP contribution in [-0.2, 0) is 0 Å². The second-order valence-electron chi connectivity index (χ2n) is 6.67. The molecule has 6 heteroatoms. The molecule has 29 heavy (non-hydrogen) atoms. The largest absolute Gasteiger partial charge is 0.344 e. The first-order valence-corrected chi connectivity index (χ1v) is 9.60. The van der Waals surface area contributed by atoms with Gasteiger partial charge in [-0.05, 0) is 54.4 Å². The van der Waals surface area contributed by atoms with E-state index in [4.69, 9.17) is 11.6 Å². The Hall–Kier alpha value is -3.44. The second-order valence-corrected chi connectivity index (χ2v) is 7.07. The standard InChI is InChI=1S/C23H19ClN4O/c1-16(21-14-28(15-26-21)22-5-3-2-4-20(22)24)27-23(29)19-8-6-17(7-9-19)18-10-12-25-13-11-18/h2-16H,1H3,(H,27,29). The lowest BCUT2D eigenvalue weighted by Crippen LogP contribution is -2.26. The minimum absolute atomic E-state index is 0.147. The number of hydrogen-bond donors (Lipinski definition) is 1. The summed E-state index contributed by atoms with van der Waals surface area (Å²) < 4.78 is 1.85. The minimum Gasteiger partial charge on any atom is -0.344 e. The molecule has 1 atom stereocenters. The summed E-state index contributed by atoms with van der Waals surface area (Å²) in [4.78, 5) is 21.1. The summed E-state index contributed by atoms with van der Waals surface area (Å²) in [6.07, 6.45) is 7.07. The van der Waals surface area contributed by atoms with Crippen molar-refractivity contribution in [2.45, 2.75) is 13.0 Å². The van der Waals surface area contributed by atoms with E-state index in [1.54, 1.807) is 18.7 Å².